The molecule has 2 rings (SSSR count). The van der Waals surface area contributed by atoms with Gasteiger partial charge in [-0.15, -0.1) is 0 Å². The predicted octanol–water partition coefficient (Wildman–Crippen LogP) is 2.69. The Labute approximate surface area is 139 Å². The van der Waals surface area contributed by atoms with Crippen molar-refractivity contribution in [2.24, 2.45) is 5.92 Å². The molecule has 0 bridgehead atoms. The molecule has 1 aliphatic rings. The number of aliphatic hydroxyl groups is 1. The molecule has 0 radical (unpaired) electrons. The number of nitrogens with one attached hydrogen (secondary N) is 1. The molecule has 0 spiro atoms. The highest BCUT2D eigenvalue weighted by molar-refractivity contribution is 5.77. The van der Waals surface area contributed by atoms with Crippen molar-refractivity contribution in [2.45, 2.75) is 64.2 Å². The molecule has 4 atom stereocenters. The second-order valence-corrected chi connectivity index (χ2v) is 6.72. The van der Waals surface area contributed by atoms with Crippen LogP contribution in [0.2, 0.25) is 0 Å². The van der Waals surface area contributed by atoms with E-state index in [0.29, 0.717) is 12.3 Å². The number of rotatable bonds is 7. The number of benzene rings is 1. The van der Waals surface area contributed by atoms with Crippen molar-refractivity contribution >= 4 is 5.91 Å². The summed E-state index contributed by atoms with van der Waals surface area (Å²) in [7, 11) is 0. The number of carbonyl (C=O) groups is 1. The van der Waals surface area contributed by atoms with Crippen LogP contribution in [-0.2, 0) is 16.0 Å². The van der Waals surface area contributed by atoms with Gasteiger partial charge in [0.1, 0.15) is 6.61 Å². The van der Waals surface area contributed by atoms with E-state index in [4.69, 9.17) is 4.74 Å². The molecule has 4 unspecified atom stereocenters. The standard InChI is InChI=1S/C19H29NO3/c1-14-8-6-7-11-18(14)23-13-19(22)20-15(2)17(21)12-16-9-4-3-5-10-16/h3-5,9-10,14-15,17-18,21H,6-8,11-13H2,1-2H3,(H,20,22). The zero-order chi connectivity index (χ0) is 16.7. The molecule has 2 N–H and O–H groups in total. The molecule has 1 fully saturated rings. The average molecular weight is 319 g/mol. The zero-order valence-corrected chi connectivity index (χ0v) is 14.2. The summed E-state index contributed by atoms with van der Waals surface area (Å²) in [5.41, 5.74) is 1.06. The lowest BCUT2D eigenvalue weighted by Gasteiger charge is -2.29. The molecule has 1 saturated carbocycles. The minimum absolute atomic E-state index is 0.0808. The van der Waals surface area contributed by atoms with Crippen molar-refractivity contribution in [3.63, 3.8) is 0 Å². The lowest BCUT2D eigenvalue weighted by molar-refractivity contribution is -0.131. The summed E-state index contributed by atoms with van der Waals surface area (Å²) in [6.45, 7) is 4.10. The van der Waals surface area contributed by atoms with E-state index in [1.54, 1.807) is 0 Å². The molecule has 1 aliphatic carbocycles. The molecule has 1 aromatic rings. The summed E-state index contributed by atoms with van der Waals surface area (Å²) in [5, 5.41) is 13.1. The van der Waals surface area contributed by atoms with Gasteiger partial charge >= 0.3 is 0 Å². The van der Waals surface area contributed by atoms with E-state index >= 15 is 0 Å². The Hall–Kier alpha value is -1.39. The van der Waals surface area contributed by atoms with Crippen LogP contribution in [0, 0.1) is 5.92 Å². The Morgan fingerprint density at radius 3 is 2.70 bits per heavy atom. The van der Waals surface area contributed by atoms with Crippen LogP contribution < -0.4 is 5.32 Å². The van der Waals surface area contributed by atoms with E-state index in [9.17, 15) is 9.90 Å². The summed E-state index contributed by atoms with van der Waals surface area (Å²) in [5.74, 6) is 0.375. The Morgan fingerprint density at radius 2 is 2.00 bits per heavy atom. The minimum Gasteiger partial charge on any atom is -0.391 e. The molecule has 0 heterocycles. The monoisotopic (exact) mass is 319 g/mol. The third kappa shape index (κ3) is 5.96. The van der Waals surface area contributed by atoms with E-state index in [0.717, 1.165) is 12.0 Å². The van der Waals surface area contributed by atoms with Gasteiger partial charge in [0, 0.05) is 6.42 Å². The van der Waals surface area contributed by atoms with Crippen LogP contribution in [0.4, 0.5) is 0 Å². The number of hydrogen-bond acceptors (Lipinski definition) is 3. The van der Waals surface area contributed by atoms with Crippen molar-refractivity contribution in [3.8, 4) is 0 Å². The van der Waals surface area contributed by atoms with Gasteiger partial charge in [-0.25, -0.2) is 0 Å². The summed E-state index contributed by atoms with van der Waals surface area (Å²) >= 11 is 0. The summed E-state index contributed by atoms with van der Waals surface area (Å²) < 4.78 is 5.76. The molecule has 23 heavy (non-hydrogen) atoms. The molecular formula is C19H29NO3. The molecule has 0 aromatic heterocycles. The number of ether oxygens (including phenoxy) is 1. The van der Waals surface area contributed by atoms with Gasteiger partial charge < -0.3 is 15.2 Å². The molecule has 4 heteroatoms. The van der Waals surface area contributed by atoms with Crippen LogP contribution >= 0.6 is 0 Å². The van der Waals surface area contributed by atoms with Crippen LogP contribution in [0.3, 0.4) is 0 Å². The van der Waals surface area contributed by atoms with E-state index in [2.05, 4.69) is 12.2 Å². The zero-order valence-electron chi connectivity index (χ0n) is 14.2. The first-order chi connectivity index (χ1) is 11.1. The quantitative estimate of drug-likeness (QED) is 0.812. The summed E-state index contributed by atoms with van der Waals surface area (Å²) in [4.78, 5) is 12.0. The van der Waals surface area contributed by atoms with Gasteiger partial charge in [-0.05, 0) is 31.2 Å². The third-order valence-electron chi connectivity index (χ3n) is 4.71. The van der Waals surface area contributed by atoms with Crippen LogP contribution in [0.5, 0.6) is 0 Å². The highest BCUT2D eigenvalue weighted by atomic mass is 16.5. The number of amides is 1. The number of hydrogen-bond donors (Lipinski definition) is 2. The molecule has 128 valence electrons. The van der Waals surface area contributed by atoms with Crippen molar-refractivity contribution in [2.75, 3.05) is 6.61 Å². The SMILES string of the molecule is CC1CCCCC1OCC(=O)NC(C)C(O)Cc1ccccc1. The largest absolute Gasteiger partial charge is 0.391 e. The molecule has 4 nitrogen and oxygen atoms in total. The van der Waals surface area contributed by atoms with Crippen LogP contribution in [0.15, 0.2) is 30.3 Å². The van der Waals surface area contributed by atoms with Crippen LogP contribution in [0.25, 0.3) is 0 Å². The second kappa shape index (κ2) is 9.04. The van der Waals surface area contributed by atoms with E-state index in [1.807, 2.05) is 37.3 Å². The van der Waals surface area contributed by atoms with Gasteiger partial charge in [-0.1, -0.05) is 50.1 Å². The Bertz CT molecular complexity index is 477. The van der Waals surface area contributed by atoms with Gasteiger partial charge in [-0.2, -0.15) is 0 Å². The van der Waals surface area contributed by atoms with E-state index in [1.165, 1.54) is 19.3 Å². The highest BCUT2D eigenvalue weighted by Gasteiger charge is 2.23. The molecule has 1 aromatic carbocycles. The molecule has 1 amide bonds. The van der Waals surface area contributed by atoms with Gasteiger partial charge in [0.15, 0.2) is 0 Å². The third-order valence-corrected chi connectivity index (χ3v) is 4.71. The normalized spacial score (nSPS) is 24.0. The van der Waals surface area contributed by atoms with Gasteiger partial charge in [0.05, 0.1) is 18.2 Å². The van der Waals surface area contributed by atoms with E-state index < -0.39 is 6.10 Å². The maximum Gasteiger partial charge on any atom is 0.246 e. The fourth-order valence-corrected chi connectivity index (χ4v) is 3.14. The maximum atomic E-state index is 12.0. The van der Waals surface area contributed by atoms with Crippen LogP contribution in [-0.4, -0.2) is 35.9 Å². The van der Waals surface area contributed by atoms with Crippen molar-refractivity contribution in [3.05, 3.63) is 35.9 Å². The fraction of sp³-hybridized carbons (Fsp3) is 0.632. The molecule has 0 aliphatic heterocycles. The maximum absolute atomic E-state index is 12.0. The van der Waals surface area contributed by atoms with Crippen molar-refractivity contribution in [1.29, 1.82) is 0 Å². The molecular weight excluding hydrogens is 290 g/mol. The predicted molar refractivity (Wildman–Crippen MR) is 91.1 cm³/mol. The first kappa shape index (κ1) is 18.0. The van der Waals surface area contributed by atoms with Gasteiger partial charge in [0.2, 0.25) is 5.91 Å². The second-order valence-electron chi connectivity index (χ2n) is 6.72. The number of aliphatic hydroxyl groups excluding tert-OH is 1. The molecule has 0 saturated heterocycles. The fourth-order valence-electron chi connectivity index (χ4n) is 3.14. The number of carbonyl (C=O) groups excluding carboxylic acids is 1. The smallest absolute Gasteiger partial charge is 0.246 e. The Kier molecular flexibility index (Phi) is 7.06. The first-order valence-electron chi connectivity index (χ1n) is 8.69. The van der Waals surface area contributed by atoms with Gasteiger partial charge in [-0.3, -0.25) is 4.79 Å². The average Bonchev–Trinajstić information content (AvgIpc) is 2.55. The summed E-state index contributed by atoms with van der Waals surface area (Å²) in [6, 6.07) is 9.51. The highest BCUT2D eigenvalue weighted by Crippen LogP contribution is 2.26. The lowest BCUT2D eigenvalue weighted by atomic mass is 9.88. The van der Waals surface area contributed by atoms with Crippen LogP contribution in [0.1, 0.15) is 45.1 Å². The minimum atomic E-state index is -0.602. The topological polar surface area (TPSA) is 58.6 Å². The first-order valence-corrected chi connectivity index (χ1v) is 8.69. The summed E-state index contributed by atoms with van der Waals surface area (Å²) in [6.07, 6.45) is 4.79. The van der Waals surface area contributed by atoms with Crippen molar-refractivity contribution in [1.82, 2.24) is 5.32 Å². The van der Waals surface area contributed by atoms with E-state index in [-0.39, 0.29) is 24.7 Å². The Morgan fingerprint density at radius 1 is 1.30 bits per heavy atom. The van der Waals surface area contributed by atoms with Gasteiger partial charge in [0.25, 0.3) is 0 Å². The Balaban J connectivity index is 1.71. The lowest BCUT2D eigenvalue weighted by Crippen LogP contribution is -2.44. The van der Waals surface area contributed by atoms with Crippen molar-refractivity contribution < 1.29 is 14.6 Å².